The molecular formula is C16H20N2O3. The van der Waals surface area contributed by atoms with Crippen LogP contribution < -0.4 is 4.74 Å². The fourth-order valence-electron chi connectivity index (χ4n) is 2.65. The molecule has 0 amide bonds. The molecular weight excluding hydrogens is 268 g/mol. The van der Waals surface area contributed by atoms with Gasteiger partial charge < -0.3 is 14.0 Å². The Morgan fingerprint density at radius 1 is 1.29 bits per heavy atom. The van der Waals surface area contributed by atoms with E-state index in [1.54, 1.807) is 0 Å². The molecule has 0 bridgehead atoms. The van der Waals surface area contributed by atoms with Gasteiger partial charge in [0.25, 0.3) is 5.89 Å². The SMILES string of the molecule is CC(C)[C@@H]1CCO[C@@H]1c1nc(COc2ccccc2)no1. The van der Waals surface area contributed by atoms with Gasteiger partial charge >= 0.3 is 0 Å². The van der Waals surface area contributed by atoms with Gasteiger partial charge in [-0.3, -0.25) is 0 Å². The highest BCUT2D eigenvalue weighted by atomic mass is 16.5. The molecule has 2 aromatic rings. The van der Waals surface area contributed by atoms with Gasteiger partial charge in [-0.1, -0.05) is 37.2 Å². The molecule has 0 spiro atoms. The maximum Gasteiger partial charge on any atom is 0.256 e. The first-order valence-electron chi connectivity index (χ1n) is 7.36. The lowest BCUT2D eigenvalue weighted by molar-refractivity contribution is 0.0519. The summed E-state index contributed by atoms with van der Waals surface area (Å²) in [7, 11) is 0. The summed E-state index contributed by atoms with van der Waals surface area (Å²) in [6.45, 7) is 5.45. The Balaban J connectivity index is 1.63. The van der Waals surface area contributed by atoms with E-state index in [9.17, 15) is 0 Å². The monoisotopic (exact) mass is 288 g/mol. The van der Waals surface area contributed by atoms with Crippen molar-refractivity contribution in [2.45, 2.75) is 33.0 Å². The quantitative estimate of drug-likeness (QED) is 0.844. The third-order valence-electron chi connectivity index (χ3n) is 3.83. The minimum atomic E-state index is -0.0806. The van der Waals surface area contributed by atoms with Crippen LogP contribution in [0.2, 0.25) is 0 Å². The van der Waals surface area contributed by atoms with Crippen molar-refractivity contribution in [2.75, 3.05) is 6.61 Å². The van der Waals surface area contributed by atoms with Gasteiger partial charge in [-0.25, -0.2) is 0 Å². The van der Waals surface area contributed by atoms with Gasteiger partial charge in [0.1, 0.15) is 11.9 Å². The third-order valence-corrected chi connectivity index (χ3v) is 3.83. The molecule has 5 nitrogen and oxygen atoms in total. The summed E-state index contributed by atoms with van der Waals surface area (Å²) in [5.74, 6) is 2.88. The highest BCUT2D eigenvalue weighted by Gasteiger charge is 2.35. The summed E-state index contributed by atoms with van der Waals surface area (Å²) in [5.41, 5.74) is 0. The summed E-state index contributed by atoms with van der Waals surface area (Å²) in [6, 6.07) is 9.60. The second-order valence-corrected chi connectivity index (χ2v) is 5.64. The van der Waals surface area contributed by atoms with E-state index < -0.39 is 0 Å². The van der Waals surface area contributed by atoms with E-state index in [4.69, 9.17) is 14.0 Å². The zero-order chi connectivity index (χ0) is 14.7. The van der Waals surface area contributed by atoms with Crippen LogP contribution in [0.25, 0.3) is 0 Å². The summed E-state index contributed by atoms with van der Waals surface area (Å²) < 4.78 is 16.7. The highest BCUT2D eigenvalue weighted by Crippen LogP contribution is 2.38. The highest BCUT2D eigenvalue weighted by molar-refractivity contribution is 5.20. The molecule has 21 heavy (non-hydrogen) atoms. The Hall–Kier alpha value is -1.88. The Kier molecular flexibility index (Phi) is 4.20. The normalized spacial score (nSPS) is 21.9. The molecule has 5 heteroatoms. The number of hydrogen-bond acceptors (Lipinski definition) is 5. The molecule has 112 valence electrons. The Labute approximate surface area is 124 Å². The van der Waals surface area contributed by atoms with Crippen LogP contribution in [-0.2, 0) is 11.3 Å². The van der Waals surface area contributed by atoms with Crippen molar-refractivity contribution < 1.29 is 14.0 Å². The van der Waals surface area contributed by atoms with Crippen molar-refractivity contribution >= 4 is 0 Å². The maximum atomic E-state index is 5.75. The number of aromatic nitrogens is 2. The smallest absolute Gasteiger partial charge is 0.256 e. The molecule has 1 aliphatic rings. The summed E-state index contributed by atoms with van der Waals surface area (Å²) in [6.07, 6.45) is 0.962. The average molecular weight is 288 g/mol. The van der Waals surface area contributed by atoms with Crippen LogP contribution in [0.15, 0.2) is 34.9 Å². The zero-order valence-corrected chi connectivity index (χ0v) is 12.4. The minimum absolute atomic E-state index is 0.0806. The van der Waals surface area contributed by atoms with E-state index in [0.717, 1.165) is 18.8 Å². The fourth-order valence-corrected chi connectivity index (χ4v) is 2.65. The van der Waals surface area contributed by atoms with Crippen molar-refractivity contribution in [3.63, 3.8) is 0 Å². The standard InChI is InChI=1S/C16H20N2O3/c1-11(2)13-8-9-19-15(13)16-17-14(18-21-16)10-20-12-6-4-3-5-7-12/h3-7,11,13,15H,8-10H2,1-2H3/t13-,15-/m0/s1. The van der Waals surface area contributed by atoms with Crippen molar-refractivity contribution in [1.29, 1.82) is 0 Å². The number of para-hydroxylation sites is 1. The molecule has 1 aromatic carbocycles. The van der Waals surface area contributed by atoms with Crippen LogP contribution in [0.3, 0.4) is 0 Å². The molecule has 1 fully saturated rings. The van der Waals surface area contributed by atoms with Crippen LogP contribution in [-0.4, -0.2) is 16.7 Å². The van der Waals surface area contributed by atoms with Gasteiger partial charge in [0.2, 0.25) is 5.82 Å². The summed E-state index contributed by atoms with van der Waals surface area (Å²) in [5, 5.41) is 3.98. The number of benzene rings is 1. The van der Waals surface area contributed by atoms with Gasteiger partial charge in [0.15, 0.2) is 6.61 Å². The molecule has 2 atom stereocenters. The molecule has 0 radical (unpaired) electrons. The Morgan fingerprint density at radius 2 is 2.10 bits per heavy atom. The van der Waals surface area contributed by atoms with E-state index in [1.807, 2.05) is 30.3 Å². The van der Waals surface area contributed by atoms with E-state index in [1.165, 1.54) is 0 Å². The minimum Gasteiger partial charge on any atom is -0.485 e. The number of rotatable bonds is 5. The van der Waals surface area contributed by atoms with Gasteiger partial charge in [0, 0.05) is 6.61 Å². The molecule has 0 unspecified atom stereocenters. The Bertz CT molecular complexity index is 568. The van der Waals surface area contributed by atoms with Crippen molar-refractivity contribution in [2.24, 2.45) is 11.8 Å². The van der Waals surface area contributed by atoms with Crippen LogP contribution in [0, 0.1) is 11.8 Å². The summed E-state index contributed by atoms with van der Waals surface area (Å²) >= 11 is 0. The van der Waals surface area contributed by atoms with Crippen molar-refractivity contribution in [3.05, 3.63) is 42.0 Å². The Morgan fingerprint density at radius 3 is 2.86 bits per heavy atom. The van der Waals surface area contributed by atoms with E-state index >= 15 is 0 Å². The molecule has 1 saturated heterocycles. The number of nitrogens with zero attached hydrogens (tertiary/aromatic N) is 2. The van der Waals surface area contributed by atoms with Crippen LogP contribution in [0.4, 0.5) is 0 Å². The maximum absolute atomic E-state index is 5.75. The van der Waals surface area contributed by atoms with E-state index in [-0.39, 0.29) is 6.10 Å². The van der Waals surface area contributed by atoms with Crippen LogP contribution >= 0.6 is 0 Å². The molecule has 1 aromatic heterocycles. The molecule has 0 aliphatic carbocycles. The van der Waals surface area contributed by atoms with E-state index in [2.05, 4.69) is 24.0 Å². The lowest BCUT2D eigenvalue weighted by Gasteiger charge is -2.18. The van der Waals surface area contributed by atoms with E-state index in [0.29, 0.717) is 30.2 Å². The molecule has 1 aliphatic heterocycles. The lowest BCUT2D eigenvalue weighted by atomic mass is 9.89. The third kappa shape index (κ3) is 3.24. The van der Waals surface area contributed by atoms with Gasteiger partial charge in [0.05, 0.1) is 0 Å². The average Bonchev–Trinajstić information content (AvgIpc) is 3.15. The second kappa shape index (κ2) is 6.26. The fraction of sp³-hybridized carbons (Fsp3) is 0.500. The summed E-state index contributed by atoms with van der Waals surface area (Å²) in [4.78, 5) is 4.41. The molecule has 0 saturated carbocycles. The van der Waals surface area contributed by atoms with Gasteiger partial charge in [-0.15, -0.1) is 0 Å². The molecule has 3 rings (SSSR count). The van der Waals surface area contributed by atoms with Gasteiger partial charge in [-0.2, -0.15) is 4.98 Å². The van der Waals surface area contributed by atoms with Crippen LogP contribution in [0.5, 0.6) is 5.75 Å². The largest absolute Gasteiger partial charge is 0.485 e. The first-order valence-corrected chi connectivity index (χ1v) is 7.36. The topological polar surface area (TPSA) is 57.4 Å². The van der Waals surface area contributed by atoms with Crippen molar-refractivity contribution in [1.82, 2.24) is 10.1 Å². The van der Waals surface area contributed by atoms with Crippen molar-refractivity contribution in [3.8, 4) is 5.75 Å². The first-order chi connectivity index (χ1) is 10.2. The van der Waals surface area contributed by atoms with Gasteiger partial charge in [-0.05, 0) is 30.4 Å². The lowest BCUT2D eigenvalue weighted by Crippen LogP contribution is -2.14. The predicted octanol–water partition coefficient (Wildman–Crippen LogP) is 3.38. The number of ether oxygens (including phenoxy) is 2. The second-order valence-electron chi connectivity index (χ2n) is 5.64. The molecule has 0 N–H and O–H groups in total. The zero-order valence-electron chi connectivity index (χ0n) is 12.4. The molecule has 2 heterocycles. The first kappa shape index (κ1) is 14.1. The number of hydrogen-bond donors (Lipinski definition) is 0. The predicted molar refractivity (Wildman–Crippen MR) is 76.7 cm³/mol. The van der Waals surface area contributed by atoms with Crippen LogP contribution in [0.1, 0.15) is 38.1 Å².